The Morgan fingerprint density at radius 3 is 2.18 bits per heavy atom. The standard InChI is InChI=1S/C34H46O4S/c1-25(2)11-8-12-26(3)13-9-14-27(4)15-10-21-34(7)22-20-30-24-31(23-29(6)33(30)37-34)38-39(35,36)32-18-16-28(5)17-19-32/h11,13,15-19,23-24H,8-10,12,14,20-22H2,1-7H3/b26-13+,27-15+/t34-/m1/s1. The van der Waals surface area contributed by atoms with Gasteiger partial charge in [-0.2, -0.15) is 8.42 Å². The number of rotatable bonds is 12. The normalized spacial score (nSPS) is 17.8. The molecule has 4 nitrogen and oxygen atoms in total. The first-order chi connectivity index (χ1) is 18.4. The third-order valence-corrected chi connectivity index (χ3v) is 8.66. The summed E-state index contributed by atoms with van der Waals surface area (Å²) in [5, 5.41) is 0. The second-order valence-corrected chi connectivity index (χ2v) is 13.2. The summed E-state index contributed by atoms with van der Waals surface area (Å²) in [6, 6.07) is 10.3. The van der Waals surface area contributed by atoms with Crippen LogP contribution in [0.3, 0.4) is 0 Å². The van der Waals surface area contributed by atoms with Crippen LogP contribution in [0.15, 0.2) is 76.2 Å². The molecule has 1 aliphatic rings. The molecule has 0 aromatic heterocycles. The molecule has 0 saturated heterocycles. The fourth-order valence-electron chi connectivity index (χ4n) is 4.91. The first-order valence-corrected chi connectivity index (χ1v) is 15.6. The molecule has 0 amide bonds. The van der Waals surface area contributed by atoms with Gasteiger partial charge in [-0.3, -0.25) is 0 Å². The van der Waals surface area contributed by atoms with Crippen LogP contribution in [-0.4, -0.2) is 14.0 Å². The molecule has 2 aromatic carbocycles. The quantitative estimate of drug-likeness (QED) is 0.195. The van der Waals surface area contributed by atoms with Crippen LogP contribution in [0, 0.1) is 13.8 Å². The van der Waals surface area contributed by atoms with Crippen molar-refractivity contribution in [3.63, 3.8) is 0 Å². The van der Waals surface area contributed by atoms with Crippen molar-refractivity contribution in [3.05, 3.63) is 88.0 Å². The maximum absolute atomic E-state index is 12.8. The van der Waals surface area contributed by atoms with E-state index < -0.39 is 10.1 Å². The van der Waals surface area contributed by atoms with Crippen LogP contribution in [0.4, 0.5) is 0 Å². The SMILES string of the molecule is CC(C)=CCC/C(C)=C/CC/C(C)=C/CC[C@]1(C)CCc2cc(OS(=O)(=O)c3ccc(C)cc3)cc(C)c2O1. The van der Waals surface area contributed by atoms with E-state index in [1.54, 1.807) is 30.3 Å². The molecule has 1 atom stereocenters. The molecule has 212 valence electrons. The molecule has 0 aliphatic carbocycles. The molecule has 0 unspecified atom stereocenters. The highest BCUT2D eigenvalue weighted by Crippen LogP contribution is 2.40. The van der Waals surface area contributed by atoms with Crippen molar-refractivity contribution in [2.75, 3.05) is 0 Å². The molecular weight excluding hydrogens is 504 g/mol. The summed E-state index contributed by atoms with van der Waals surface area (Å²) < 4.78 is 37.6. The van der Waals surface area contributed by atoms with Crippen LogP contribution < -0.4 is 8.92 Å². The Labute approximate surface area is 237 Å². The van der Waals surface area contributed by atoms with E-state index in [0.29, 0.717) is 5.75 Å². The lowest BCUT2D eigenvalue weighted by Gasteiger charge is -2.37. The minimum absolute atomic E-state index is 0.154. The molecule has 39 heavy (non-hydrogen) atoms. The van der Waals surface area contributed by atoms with E-state index in [4.69, 9.17) is 8.92 Å². The zero-order valence-electron chi connectivity index (χ0n) is 24.9. The summed E-state index contributed by atoms with van der Waals surface area (Å²) in [5.41, 5.74) is 6.93. The number of aryl methyl sites for hydroxylation is 3. The first-order valence-electron chi connectivity index (χ1n) is 14.2. The van der Waals surface area contributed by atoms with Gasteiger partial charge in [-0.15, -0.1) is 0 Å². The Morgan fingerprint density at radius 2 is 1.54 bits per heavy atom. The van der Waals surface area contributed by atoms with Crippen LogP contribution >= 0.6 is 0 Å². The van der Waals surface area contributed by atoms with Gasteiger partial charge in [0.05, 0.1) is 0 Å². The predicted octanol–water partition coefficient (Wildman–Crippen LogP) is 9.35. The fourth-order valence-corrected chi connectivity index (χ4v) is 5.82. The lowest BCUT2D eigenvalue weighted by Crippen LogP contribution is -2.36. The third-order valence-electron chi connectivity index (χ3n) is 7.40. The van der Waals surface area contributed by atoms with Gasteiger partial charge in [0, 0.05) is 0 Å². The number of ether oxygens (including phenoxy) is 1. The Hall–Kier alpha value is -2.79. The Kier molecular flexibility index (Phi) is 10.7. The van der Waals surface area contributed by atoms with Crippen molar-refractivity contribution in [1.82, 2.24) is 0 Å². The predicted molar refractivity (Wildman–Crippen MR) is 162 cm³/mol. The maximum Gasteiger partial charge on any atom is 0.339 e. The summed E-state index contributed by atoms with van der Waals surface area (Å²) >= 11 is 0. The van der Waals surface area contributed by atoms with Gasteiger partial charge in [0.2, 0.25) is 0 Å². The Bertz CT molecular complexity index is 1330. The van der Waals surface area contributed by atoms with E-state index in [1.807, 2.05) is 19.9 Å². The zero-order valence-corrected chi connectivity index (χ0v) is 25.7. The smallest absolute Gasteiger partial charge is 0.339 e. The number of benzene rings is 2. The van der Waals surface area contributed by atoms with Crippen molar-refractivity contribution < 1.29 is 17.3 Å². The molecule has 0 radical (unpaired) electrons. The minimum Gasteiger partial charge on any atom is -0.487 e. The van der Waals surface area contributed by atoms with Crippen LogP contribution in [0.5, 0.6) is 11.5 Å². The molecule has 0 saturated carbocycles. The molecule has 1 heterocycles. The van der Waals surface area contributed by atoms with Crippen molar-refractivity contribution >= 4 is 10.1 Å². The highest BCUT2D eigenvalue weighted by molar-refractivity contribution is 7.87. The lowest BCUT2D eigenvalue weighted by atomic mass is 9.87. The summed E-state index contributed by atoms with van der Waals surface area (Å²) in [5.74, 6) is 1.19. The van der Waals surface area contributed by atoms with Gasteiger partial charge in [0.1, 0.15) is 22.0 Å². The van der Waals surface area contributed by atoms with Crippen molar-refractivity contribution in [3.8, 4) is 11.5 Å². The molecular formula is C34H46O4S. The molecule has 0 spiro atoms. The maximum atomic E-state index is 12.8. The van der Waals surface area contributed by atoms with Gasteiger partial charge in [-0.1, -0.05) is 52.6 Å². The van der Waals surface area contributed by atoms with E-state index in [9.17, 15) is 8.42 Å². The largest absolute Gasteiger partial charge is 0.487 e. The average molecular weight is 551 g/mol. The monoisotopic (exact) mass is 550 g/mol. The highest BCUT2D eigenvalue weighted by atomic mass is 32.2. The summed E-state index contributed by atoms with van der Waals surface area (Å²) in [7, 11) is -3.89. The van der Waals surface area contributed by atoms with Crippen LogP contribution in [0.25, 0.3) is 0 Å². The topological polar surface area (TPSA) is 52.6 Å². The Morgan fingerprint density at radius 1 is 0.923 bits per heavy atom. The van der Waals surface area contributed by atoms with Gasteiger partial charge < -0.3 is 8.92 Å². The van der Waals surface area contributed by atoms with E-state index in [1.165, 1.54) is 16.7 Å². The van der Waals surface area contributed by atoms with Crippen molar-refractivity contribution in [2.45, 2.75) is 110 Å². The van der Waals surface area contributed by atoms with Gasteiger partial charge in [-0.25, -0.2) is 0 Å². The van der Waals surface area contributed by atoms with E-state index >= 15 is 0 Å². The van der Waals surface area contributed by atoms with E-state index in [-0.39, 0.29) is 10.5 Å². The van der Waals surface area contributed by atoms with Crippen LogP contribution in [-0.2, 0) is 16.5 Å². The van der Waals surface area contributed by atoms with E-state index in [2.05, 4.69) is 52.8 Å². The first kappa shape index (κ1) is 30.7. The number of hydrogen-bond donors (Lipinski definition) is 0. The molecule has 2 aromatic rings. The zero-order chi connectivity index (χ0) is 28.6. The number of fused-ring (bicyclic) bond motifs is 1. The molecule has 0 bridgehead atoms. The van der Waals surface area contributed by atoms with Gasteiger partial charge in [-0.05, 0) is 135 Å². The Balaban J connectivity index is 1.55. The summed E-state index contributed by atoms with van der Waals surface area (Å²) in [4.78, 5) is 0.154. The van der Waals surface area contributed by atoms with Crippen molar-refractivity contribution in [1.29, 1.82) is 0 Å². The molecule has 1 aliphatic heterocycles. The van der Waals surface area contributed by atoms with E-state index in [0.717, 1.165) is 73.8 Å². The third kappa shape index (κ3) is 9.42. The van der Waals surface area contributed by atoms with Gasteiger partial charge >= 0.3 is 10.1 Å². The van der Waals surface area contributed by atoms with Crippen molar-refractivity contribution in [2.24, 2.45) is 0 Å². The second-order valence-electron chi connectivity index (χ2n) is 11.6. The number of hydrogen-bond acceptors (Lipinski definition) is 4. The number of allylic oxidation sites excluding steroid dienone is 6. The van der Waals surface area contributed by atoms with Gasteiger partial charge in [0.25, 0.3) is 0 Å². The lowest BCUT2D eigenvalue weighted by molar-refractivity contribution is 0.0562. The molecule has 5 heteroatoms. The average Bonchev–Trinajstić information content (AvgIpc) is 2.84. The summed E-state index contributed by atoms with van der Waals surface area (Å²) in [6.07, 6.45) is 15.1. The van der Waals surface area contributed by atoms with Crippen LogP contribution in [0.2, 0.25) is 0 Å². The molecule has 3 rings (SSSR count). The highest BCUT2D eigenvalue weighted by Gasteiger charge is 2.32. The van der Waals surface area contributed by atoms with Crippen LogP contribution in [0.1, 0.15) is 96.3 Å². The minimum atomic E-state index is -3.89. The van der Waals surface area contributed by atoms with Gasteiger partial charge in [0.15, 0.2) is 0 Å². The fraction of sp³-hybridized carbons (Fsp3) is 0.471. The second kappa shape index (κ2) is 13.5. The molecule has 0 N–H and O–H groups in total. The molecule has 0 fully saturated rings. The summed E-state index contributed by atoms with van der Waals surface area (Å²) in [6.45, 7) is 14.8.